The first kappa shape index (κ1) is 27.5. The maximum absolute atomic E-state index is 13.2. The molecule has 8 heteroatoms. The van der Waals surface area contributed by atoms with E-state index in [1.54, 1.807) is 32.4 Å². The lowest BCUT2D eigenvalue weighted by Crippen LogP contribution is -2.40. The monoisotopic (exact) mass is 535 g/mol. The van der Waals surface area contributed by atoms with Gasteiger partial charge in [0.05, 0.1) is 31.4 Å². The summed E-state index contributed by atoms with van der Waals surface area (Å²) in [5.74, 6) is 0.852. The first-order valence-electron chi connectivity index (χ1n) is 12.8. The van der Waals surface area contributed by atoms with Gasteiger partial charge in [0.25, 0.3) is 5.91 Å². The van der Waals surface area contributed by atoms with Gasteiger partial charge in [-0.2, -0.15) is 0 Å². The van der Waals surface area contributed by atoms with Crippen LogP contribution in [-0.4, -0.2) is 50.6 Å². The van der Waals surface area contributed by atoms with Crippen LogP contribution in [0.1, 0.15) is 34.3 Å². The fourth-order valence-electron chi connectivity index (χ4n) is 4.76. The Bertz CT molecular complexity index is 1270. The highest BCUT2D eigenvalue weighted by atomic mass is 35.5. The largest absolute Gasteiger partial charge is 0.493 e. The number of amides is 2. The molecule has 0 saturated carbocycles. The average Bonchev–Trinajstić information content (AvgIpc) is 2.94. The zero-order chi connectivity index (χ0) is 26.9. The molecule has 1 fully saturated rings. The molecular weight excluding hydrogens is 502 g/mol. The van der Waals surface area contributed by atoms with Gasteiger partial charge in [0, 0.05) is 24.7 Å². The summed E-state index contributed by atoms with van der Waals surface area (Å²) in [4.78, 5) is 28.5. The lowest BCUT2D eigenvalue weighted by Gasteiger charge is -2.32. The summed E-state index contributed by atoms with van der Waals surface area (Å²) in [5, 5.41) is 6.71. The molecule has 1 heterocycles. The second-order valence-corrected chi connectivity index (χ2v) is 9.80. The molecule has 1 atom stereocenters. The molecule has 200 valence electrons. The number of anilines is 1. The number of nitrogens with zero attached hydrogens (tertiary/aromatic N) is 1. The van der Waals surface area contributed by atoms with Crippen molar-refractivity contribution in [1.82, 2.24) is 10.2 Å². The van der Waals surface area contributed by atoms with Crippen LogP contribution in [0.5, 0.6) is 11.5 Å². The Balaban J connectivity index is 1.33. The summed E-state index contributed by atoms with van der Waals surface area (Å²) in [6, 6.07) is 20.6. The second-order valence-electron chi connectivity index (χ2n) is 9.40. The number of piperidine rings is 1. The van der Waals surface area contributed by atoms with E-state index >= 15 is 0 Å². The molecule has 7 nitrogen and oxygen atoms in total. The number of methoxy groups -OCH3 is 2. The number of carbonyl (C=O) groups is 2. The van der Waals surface area contributed by atoms with Crippen molar-refractivity contribution in [3.8, 4) is 11.5 Å². The first-order valence-corrected chi connectivity index (χ1v) is 13.2. The Morgan fingerprint density at radius 2 is 1.76 bits per heavy atom. The van der Waals surface area contributed by atoms with E-state index in [0.717, 1.165) is 35.5 Å². The van der Waals surface area contributed by atoms with Crippen LogP contribution in [0, 0.1) is 5.92 Å². The predicted octanol–water partition coefficient (Wildman–Crippen LogP) is 5.18. The van der Waals surface area contributed by atoms with Crippen LogP contribution in [0.15, 0.2) is 66.7 Å². The fourth-order valence-corrected chi connectivity index (χ4v) is 4.95. The third-order valence-electron chi connectivity index (χ3n) is 6.80. The maximum Gasteiger partial charge on any atom is 0.253 e. The molecule has 0 aromatic heterocycles. The number of para-hydroxylation sites is 1. The van der Waals surface area contributed by atoms with Crippen molar-refractivity contribution in [2.24, 2.45) is 5.92 Å². The fraction of sp³-hybridized carbons (Fsp3) is 0.333. The summed E-state index contributed by atoms with van der Waals surface area (Å²) in [5.41, 5.74) is 3.04. The molecule has 2 N–H and O–H groups in total. The standard InChI is InChI=1S/C30H34ClN3O4/c1-37-27-14-13-21(18-28(27)38-2)15-16-32-30(36)24-10-4-6-12-26(24)33-29(35)23-9-7-17-34(20-23)19-22-8-3-5-11-25(22)31/h3-6,8,10-14,18,23H,7,9,15-17,19-20H2,1-2H3,(H,32,36)(H,33,35). The molecule has 1 aliphatic rings. The smallest absolute Gasteiger partial charge is 0.253 e. The Morgan fingerprint density at radius 3 is 2.55 bits per heavy atom. The van der Waals surface area contributed by atoms with E-state index in [1.165, 1.54) is 0 Å². The minimum absolute atomic E-state index is 0.0700. The number of hydrogen-bond acceptors (Lipinski definition) is 5. The normalized spacial score (nSPS) is 15.5. The number of rotatable bonds is 10. The van der Waals surface area contributed by atoms with Crippen molar-refractivity contribution in [3.05, 3.63) is 88.4 Å². The van der Waals surface area contributed by atoms with Crippen LogP contribution in [0.2, 0.25) is 5.02 Å². The molecule has 0 spiro atoms. The van der Waals surface area contributed by atoms with Gasteiger partial charge in [-0.25, -0.2) is 0 Å². The predicted molar refractivity (Wildman–Crippen MR) is 150 cm³/mol. The number of nitrogens with one attached hydrogen (secondary N) is 2. The van der Waals surface area contributed by atoms with Gasteiger partial charge in [-0.15, -0.1) is 0 Å². The number of hydrogen-bond donors (Lipinski definition) is 2. The van der Waals surface area contributed by atoms with Gasteiger partial charge in [0.15, 0.2) is 11.5 Å². The van der Waals surface area contributed by atoms with Crippen LogP contribution in [0.25, 0.3) is 0 Å². The molecule has 2 amide bonds. The van der Waals surface area contributed by atoms with Gasteiger partial charge in [-0.05, 0) is 67.3 Å². The van der Waals surface area contributed by atoms with E-state index in [4.69, 9.17) is 21.1 Å². The summed E-state index contributed by atoms with van der Waals surface area (Å²) in [7, 11) is 3.19. The molecular formula is C30H34ClN3O4. The van der Waals surface area contributed by atoms with Crippen molar-refractivity contribution in [2.45, 2.75) is 25.8 Å². The van der Waals surface area contributed by atoms with Crippen LogP contribution in [0.3, 0.4) is 0 Å². The molecule has 0 aliphatic carbocycles. The van der Waals surface area contributed by atoms with E-state index in [-0.39, 0.29) is 17.7 Å². The third-order valence-corrected chi connectivity index (χ3v) is 7.17. The first-order chi connectivity index (χ1) is 18.5. The Labute approximate surface area is 229 Å². The van der Waals surface area contributed by atoms with Gasteiger partial charge in [-0.1, -0.05) is 48.0 Å². The lowest BCUT2D eigenvalue weighted by atomic mass is 9.96. The van der Waals surface area contributed by atoms with Gasteiger partial charge in [0.1, 0.15) is 0 Å². The van der Waals surface area contributed by atoms with Crippen molar-refractivity contribution in [2.75, 3.05) is 39.2 Å². The maximum atomic E-state index is 13.2. The molecule has 1 unspecified atom stereocenters. The van der Waals surface area contributed by atoms with Crippen LogP contribution in [0.4, 0.5) is 5.69 Å². The van der Waals surface area contributed by atoms with Crippen LogP contribution < -0.4 is 20.1 Å². The summed E-state index contributed by atoms with van der Waals surface area (Å²) < 4.78 is 10.6. The van der Waals surface area contributed by atoms with Crippen molar-refractivity contribution in [1.29, 1.82) is 0 Å². The molecule has 38 heavy (non-hydrogen) atoms. The number of benzene rings is 3. The van der Waals surface area contributed by atoms with Crippen molar-refractivity contribution in [3.63, 3.8) is 0 Å². The highest BCUT2D eigenvalue weighted by Gasteiger charge is 2.27. The zero-order valence-electron chi connectivity index (χ0n) is 21.8. The number of carbonyl (C=O) groups excluding carboxylic acids is 2. The molecule has 4 rings (SSSR count). The lowest BCUT2D eigenvalue weighted by molar-refractivity contribution is -0.121. The Hall–Kier alpha value is -3.55. The molecule has 3 aromatic carbocycles. The van der Waals surface area contributed by atoms with Gasteiger partial charge in [-0.3, -0.25) is 14.5 Å². The van der Waals surface area contributed by atoms with E-state index < -0.39 is 0 Å². The zero-order valence-corrected chi connectivity index (χ0v) is 22.6. The van der Waals surface area contributed by atoms with Gasteiger partial charge >= 0.3 is 0 Å². The van der Waals surface area contributed by atoms with E-state index in [0.29, 0.717) is 48.8 Å². The van der Waals surface area contributed by atoms with E-state index in [1.807, 2.05) is 48.5 Å². The highest BCUT2D eigenvalue weighted by Crippen LogP contribution is 2.28. The van der Waals surface area contributed by atoms with Crippen LogP contribution in [-0.2, 0) is 17.8 Å². The molecule has 0 radical (unpaired) electrons. The number of ether oxygens (including phenoxy) is 2. The van der Waals surface area contributed by atoms with Crippen molar-refractivity contribution >= 4 is 29.1 Å². The minimum atomic E-state index is -0.231. The summed E-state index contributed by atoms with van der Waals surface area (Å²) in [6.45, 7) is 2.73. The number of halogens is 1. The van der Waals surface area contributed by atoms with Gasteiger partial charge in [0.2, 0.25) is 5.91 Å². The SMILES string of the molecule is COc1ccc(CCNC(=O)c2ccccc2NC(=O)C2CCCN(Cc3ccccc3Cl)C2)cc1OC. The quantitative estimate of drug-likeness (QED) is 0.374. The number of likely N-dealkylation sites (tertiary alicyclic amines) is 1. The molecule has 1 aliphatic heterocycles. The highest BCUT2D eigenvalue weighted by molar-refractivity contribution is 6.31. The molecule has 3 aromatic rings. The average molecular weight is 536 g/mol. The Morgan fingerprint density at radius 1 is 1.00 bits per heavy atom. The summed E-state index contributed by atoms with van der Waals surface area (Å²) in [6.07, 6.45) is 2.37. The minimum Gasteiger partial charge on any atom is -0.493 e. The molecule has 0 bridgehead atoms. The molecule has 1 saturated heterocycles. The topological polar surface area (TPSA) is 79.9 Å². The van der Waals surface area contributed by atoms with E-state index in [9.17, 15) is 9.59 Å². The van der Waals surface area contributed by atoms with E-state index in [2.05, 4.69) is 15.5 Å². The van der Waals surface area contributed by atoms with Gasteiger partial charge < -0.3 is 20.1 Å². The second kappa shape index (κ2) is 13.3. The van der Waals surface area contributed by atoms with Crippen LogP contribution >= 0.6 is 11.6 Å². The summed E-state index contributed by atoms with van der Waals surface area (Å²) >= 11 is 6.34. The Kier molecular flexibility index (Phi) is 9.62. The third kappa shape index (κ3) is 7.05. The van der Waals surface area contributed by atoms with Crippen molar-refractivity contribution < 1.29 is 19.1 Å².